The molecule has 0 aliphatic rings. The van der Waals surface area contributed by atoms with Crippen molar-refractivity contribution in [2.75, 3.05) is 13.2 Å². The fourth-order valence-electron chi connectivity index (χ4n) is 1.08. The Morgan fingerprint density at radius 1 is 1.50 bits per heavy atom. The van der Waals surface area contributed by atoms with Gasteiger partial charge < -0.3 is 10.4 Å². The largest absolute Gasteiger partial charge is 0.396 e. The zero-order chi connectivity index (χ0) is 11.8. The molecule has 5 heteroatoms. The number of aliphatic hydroxyl groups excluding tert-OH is 1. The number of rotatable bonds is 6. The maximum Gasteiger partial charge on any atom is 0.244 e. The number of halogens is 1. The zero-order valence-electron chi connectivity index (χ0n) is 8.78. The van der Waals surface area contributed by atoms with Crippen LogP contribution in [-0.4, -0.2) is 24.2 Å². The summed E-state index contributed by atoms with van der Waals surface area (Å²) in [6.07, 6.45) is 4.84. The van der Waals surface area contributed by atoms with E-state index in [0.717, 1.165) is 21.5 Å². The molecule has 0 atom stereocenters. The number of hydrogen-bond acceptors (Lipinski definition) is 3. The Kier molecular flexibility index (Phi) is 6.37. The first-order valence-electron chi connectivity index (χ1n) is 5.04. The number of amides is 1. The van der Waals surface area contributed by atoms with Gasteiger partial charge >= 0.3 is 0 Å². The van der Waals surface area contributed by atoms with Crippen LogP contribution < -0.4 is 5.32 Å². The Labute approximate surface area is 107 Å². The number of aliphatic hydroxyl groups is 1. The average molecular weight is 304 g/mol. The van der Waals surface area contributed by atoms with Crippen molar-refractivity contribution in [2.24, 2.45) is 0 Å². The molecule has 0 aromatic carbocycles. The number of carbonyl (C=O) groups excluding carboxylic acids is 1. The van der Waals surface area contributed by atoms with E-state index in [1.54, 1.807) is 17.4 Å². The molecule has 88 valence electrons. The molecule has 16 heavy (non-hydrogen) atoms. The van der Waals surface area contributed by atoms with Crippen LogP contribution in [0.15, 0.2) is 22.0 Å². The van der Waals surface area contributed by atoms with Gasteiger partial charge in [0.05, 0.1) is 3.79 Å². The molecule has 0 saturated carbocycles. The molecule has 0 aliphatic carbocycles. The Morgan fingerprint density at radius 2 is 2.31 bits per heavy atom. The Bertz CT molecular complexity index is 363. The summed E-state index contributed by atoms with van der Waals surface area (Å²) in [5.74, 6) is -0.0949. The first-order chi connectivity index (χ1) is 7.72. The van der Waals surface area contributed by atoms with Crippen molar-refractivity contribution in [3.63, 3.8) is 0 Å². The van der Waals surface area contributed by atoms with Gasteiger partial charge in [-0.15, -0.1) is 11.3 Å². The summed E-state index contributed by atoms with van der Waals surface area (Å²) in [4.78, 5) is 12.4. The third-order valence-corrected chi connectivity index (χ3v) is 3.47. The van der Waals surface area contributed by atoms with Crippen LogP contribution in [0.4, 0.5) is 0 Å². The molecule has 0 aliphatic heterocycles. The summed E-state index contributed by atoms with van der Waals surface area (Å²) in [7, 11) is 0. The molecule has 1 aromatic rings. The number of hydrogen-bond donors (Lipinski definition) is 2. The van der Waals surface area contributed by atoms with E-state index in [2.05, 4.69) is 21.2 Å². The fourth-order valence-corrected chi connectivity index (χ4v) is 2.41. The molecular weight excluding hydrogens is 290 g/mol. The molecule has 1 amide bonds. The van der Waals surface area contributed by atoms with E-state index >= 15 is 0 Å². The molecule has 1 aromatic heterocycles. The molecule has 0 bridgehead atoms. The zero-order valence-corrected chi connectivity index (χ0v) is 11.2. The minimum absolute atomic E-state index is 0.0949. The fraction of sp³-hybridized carbons (Fsp3) is 0.364. The normalized spacial score (nSPS) is 10.9. The molecule has 2 N–H and O–H groups in total. The van der Waals surface area contributed by atoms with Crippen LogP contribution in [0.5, 0.6) is 0 Å². The minimum atomic E-state index is -0.0949. The second-order valence-corrected chi connectivity index (χ2v) is 5.69. The van der Waals surface area contributed by atoms with Gasteiger partial charge in [-0.1, -0.05) is 0 Å². The van der Waals surface area contributed by atoms with E-state index in [9.17, 15) is 4.79 Å². The predicted octanol–water partition coefficient (Wildman–Crippen LogP) is 2.41. The predicted molar refractivity (Wildman–Crippen MR) is 70.4 cm³/mol. The summed E-state index contributed by atoms with van der Waals surface area (Å²) < 4.78 is 1.05. The van der Waals surface area contributed by atoms with Crippen molar-refractivity contribution in [2.45, 2.75) is 12.8 Å². The van der Waals surface area contributed by atoms with E-state index in [4.69, 9.17) is 5.11 Å². The van der Waals surface area contributed by atoms with E-state index in [1.807, 2.05) is 12.1 Å². The lowest BCUT2D eigenvalue weighted by Crippen LogP contribution is -2.22. The molecule has 0 fully saturated rings. The van der Waals surface area contributed by atoms with Crippen LogP contribution in [0.3, 0.4) is 0 Å². The number of nitrogens with one attached hydrogen (secondary N) is 1. The smallest absolute Gasteiger partial charge is 0.244 e. The number of thiophene rings is 1. The Balaban J connectivity index is 2.26. The van der Waals surface area contributed by atoms with Crippen molar-refractivity contribution in [1.29, 1.82) is 0 Å². The van der Waals surface area contributed by atoms with Gasteiger partial charge in [0.2, 0.25) is 5.91 Å². The summed E-state index contributed by atoms with van der Waals surface area (Å²) in [6, 6.07) is 3.90. The SMILES string of the molecule is O=C(/C=C/c1ccc(Br)s1)NCCCCO. The standard InChI is InChI=1S/C11H14BrNO2S/c12-10-5-3-9(16-10)4-6-11(15)13-7-1-2-8-14/h3-6,14H,1-2,7-8H2,(H,13,15)/b6-4+. The summed E-state index contributed by atoms with van der Waals surface area (Å²) >= 11 is 4.94. The third kappa shape index (κ3) is 5.44. The van der Waals surface area contributed by atoms with Gasteiger partial charge in [0.25, 0.3) is 0 Å². The van der Waals surface area contributed by atoms with Crippen molar-refractivity contribution in [3.05, 3.63) is 26.9 Å². The van der Waals surface area contributed by atoms with Crippen molar-refractivity contribution < 1.29 is 9.90 Å². The maximum atomic E-state index is 11.3. The third-order valence-electron chi connectivity index (χ3n) is 1.88. The highest BCUT2D eigenvalue weighted by Crippen LogP contribution is 2.22. The second kappa shape index (κ2) is 7.60. The van der Waals surface area contributed by atoms with Crippen LogP contribution in [-0.2, 0) is 4.79 Å². The first-order valence-corrected chi connectivity index (χ1v) is 6.65. The van der Waals surface area contributed by atoms with Crippen molar-refractivity contribution in [3.8, 4) is 0 Å². The first kappa shape index (κ1) is 13.4. The van der Waals surface area contributed by atoms with Gasteiger partial charge in [0.15, 0.2) is 0 Å². The highest BCUT2D eigenvalue weighted by Gasteiger charge is 1.96. The average Bonchev–Trinajstić information content (AvgIpc) is 2.68. The van der Waals surface area contributed by atoms with Crippen LogP contribution in [0.25, 0.3) is 6.08 Å². The minimum Gasteiger partial charge on any atom is -0.396 e. The molecule has 0 unspecified atom stereocenters. The second-order valence-electron chi connectivity index (χ2n) is 3.20. The molecule has 1 heterocycles. The van der Waals surface area contributed by atoms with Gasteiger partial charge in [0.1, 0.15) is 0 Å². The van der Waals surface area contributed by atoms with Gasteiger partial charge in [0, 0.05) is 24.1 Å². The monoisotopic (exact) mass is 303 g/mol. The number of carbonyl (C=O) groups is 1. The summed E-state index contributed by atoms with van der Waals surface area (Å²) in [5, 5.41) is 11.3. The summed E-state index contributed by atoms with van der Waals surface area (Å²) in [6.45, 7) is 0.785. The van der Waals surface area contributed by atoms with Gasteiger partial charge in [-0.3, -0.25) is 4.79 Å². The summed E-state index contributed by atoms with van der Waals surface area (Å²) in [5.41, 5.74) is 0. The highest BCUT2D eigenvalue weighted by molar-refractivity contribution is 9.11. The van der Waals surface area contributed by atoms with Gasteiger partial charge in [-0.2, -0.15) is 0 Å². The van der Waals surface area contributed by atoms with Crippen LogP contribution in [0.2, 0.25) is 0 Å². The topological polar surface area (TPSA) is 49.3 Å². The maximum absolute atomic E-state index is 11.3. The lowest BCUT2D eigenvalue weighted by molar-refractivity contribution is -0.116. The van der Waals surface area contributed by atoms with E-state index < -0.39 is 0 Å². The van der Waals surface area contributed by atoms with Crippen LogP contribution >= 0.6 is 27.3 Å². The molecule has 1 rings (SSSR count). The lowest BCUT2D eigenvalue weighted by Gasteiger charge is -1.99. The van der Waals surface area contributed by atoms with Crippen LogP contribution in [0, 0.1) is 0 Å². The number of unbranched alkanes of at least 4 members (excludes halogenated alkanes) is 1. The Hall–Kier alpha value is -0.650. The molecule has 3 nitrogen and oxygen atoms in total. The van der Waals surface area contributed by atoms with Crippen molar-refractivity contribution >= 4 is 39.2 Å². The molecule has 0 saturated heterocycles. The van der Waals surface area contributed by atoms with E-state index in [0.29, 0.717) is 6.54 Å². The highest BCUT2D eigenvalue weighted by atomic mass is 79.9. The van der Waals surface area contributed by atoms with Crippen molar-refractivity contribution in [1.82, 2.24) is 5.32 Å². The molecule has 0 radical (unpaired) electrons. The van der Waals surface area contributed by atoms with Crippen LogP contribution in [0.1, 0.15) is 17.7 Å². The van der Waals surface area contributed by atoms with Gasteiger partial charge in [-0.25, -0.2) is 0 Å². The lowest BCUT2D eigenvalue weighted by atomic mass is 10.3. The molecular formula is C11H14BrNO2S. The quantitative estimate of drug-likeness (QED) is 0.626. The molecule has 0 spiro atoms. The Morgan fingerprint density at radius 3 is 2.94 bits per heavy atom. The van der Waals surface area contributed by atoms with E-state index in [1.165, 1.54) is 6.08 Å². The van der Waals surface area contributed by atoms with E-state index in [-0.39, 0.29) is 12.5 Å². The van der Waals surface area contributed by atoms with Gasteiger partial charge in [-0.05, 0) is 47.0 Å².